The van der Waals surface area contributed by atoms with Crippen molar-refractivity contribution in [1.29, 1.82) is 0 Å². The van der Waals surface area contributed by atoms with E-state index in [0.29, 0.717) is 11.3 Å². The lowest BCUT2D eigenvalue weighted by molar-refractivity contribution is 0.100. The molecule has 1 aliphatic carbocycles. The number of hydrogen-bond acceptors (Lipinski definition) is 2. The maximum atomic E-state index is 6.34. The fourth-order valence-electron chi connectivity index (χ4n) is 4.33. The van der Waals surface area contributed by atoms with E-state index in [2.05, 4.69) is 63.8 Å². The van der Waals surface area contributed by atoms with Crippen molar-refractivity contribution >= 4 is 5.69 Å². The van der Waals surface area contributed by atoms with Crippen LogP contribution in [0, 0.1) is 18.3 Å². The lowest BCUT2D eigenvalue weighted by Crippen LogP contribution is -2.61. The van der Waals surface area contributed by atoms with Crippen molar-refractivity contribution in [2.24, 2.45) is 17.1 Å². The minimum Gasteiger partial charge on any atom is -0.364 e. The molecule has 1 aliphatic rings. The van der Waals surface area contributed by atoms with Crippen LogP contribution in [-0.2, 0) is 0 Å². The van der Waals surface area contributed by atoms with Gasteiger partial charge in [-0.2, -0.15) is 0 Å². The van der Waals surface area contributed by atoms with Crippen LogP contribution in [0.4, 0.5) is 5.69 Å². The molecule has 1 aromatic rings. The van der Waals surface area contributed by atoms with Gasteiger partial charge in [0.2, 0.25) is 0 Å². The Morgan fingerprint density at radius 2 is 1.90 bits per heavy atom. The van der Waals surface area contributed by atoms with Gasteiger partial charge in [-0.1, -0.05) is 39.0 Å². The van der Waals surface area contributed by atoms with Crippen LogP contribution >= 0.6 is 0 Å². The molecule has 2 N–H and O–H groups in total. The Kier molecular flexibility index (Phi) is 4.67. The number of para-hydroxylation sites is 1. The van der Waals surface area contributed by atoms with Crippen LogP contribution in [0.25, 0.3) is 0 Å². The summed E-state index contributed by atoms with van der Waals surface area (Å²) in [6, 6.07) is 8.73. The molecule has 2 heteroatoms. The first-order valence-electron chi connectivity index (χ1n) is 8.39. The molecule has 2 nitrogen and oxygen atoms in total. The molecule has 0 saturated heterocycles. The Balaban J connectivity index is 2.41. The number of likely N-dealkylation sites (N-methyl/N-ethyl adjacent to an activating group) is 1. The maximum Gasteiger partial charge on any atom is 0.0549 e. The smallest absolute Gasteiger partial charge is 0.0549 e. The van der Waals surface area contributed by atoms with Crippen molar-refractivity contribution in [3.8, 4) is 0 Å². The lowest BCUT2D eigenvalue weighted by atomic mass is 9.63. The van der Waals surface area contributed by atoms with Gasteiger partial charge in [0, 0.05) is 18.8 Å². The zero-order valence-corrected chi connectivity index (χ0v) is 14.4. The van der Waals surface area contributed by atoms with Gasteiger partial charge in [-0.15, -0.1) is 0 Å². The number of rotatable bonds is 4. The van der Waals surface area contributed by atoms with Gasteiger partial charge in [-0.05, 0) is 56.1 Å². The van der Waals surface area contributed by atoms with E-state index in [1.165, 1.54) is 30.5 Å². The van der Waals surface area contributed by atoms with E-state index in [1.54, 1.807) is 0 Å². The first-order chi connectivity index (χ1) is 9.86. The molecule has 0 heterocycles. The average Bonchev–Trinajstić information content (AvgIpc) is 2.43. The maximum absolute atomic E-state index is 6.34. The molecular weight excluding hydrogens is 256 g/mol. The second-order valence-electron chi connectivity index (χ2n) is 7.61. The molecule has 21 heavy (non-hydrogen) atoms. The van der Waals surface area contributed by atoms with Gasteiger partial charge in [0.25, 0.3) is 0 Å². The summed E-state index contributed by atoms with van der Waals surface area (Å²) in [6.45, 7) is 13.4. The summed E-state index contributed by atoms with van der Waals surface area (Å²) in [5, 5.41) is 0. The van der Waals surface area contributed by atoms with Crippen LogP contribution in [0.3, 0.4) is 0 Å². The van der Waals surface area contributed by atoms with Crippen LogP contribution in [0.2, 0.25) is 0 Å². The van der Waals surface area contributed by atoms with Crippen molar-refractivity contribution in [3.05, 3.63) is 29.8 Å². The Morgan fingerprint density at radius 3 is 2.43 bits per heavy atom. The van der Waals surface area contributed by atoms with Crippen LogP contribution in [0.1, 0.15) is 52.5 Å². The zero-order chi connectivity index (χ0) is 15.7. The van der Waals surface area contributed by atoms with Gasteiger partial charge in [-0.3, -0.25) is 0 Å². The molecular formula is C19H32N2. The van der Waals surface area contributed by atoms with Crippen molar-refractivity contribution in [1.82, 2.24) is 0 Å². The molecule has 1 saturated carbocycles. The summed E-state index contributed by atoms with van der Waals surface area (Å²) in [5.41, 5.74) is 9.60. The highest BCUT2D eigenvalue weighted by atomic mass is 15.2. The predicted molar refractivity (Wildman–Crippen MR) is 92.8 cm³/mol. The monoisotopic (exact) mass is 288 g/mol. The van der Waals surface area contributed by atoms with Gasteiger partial charge in [0.15, 0.2) is 0 Å². The Bertz CT molecular complexity index is 480. The summed E-state index contributed by atoms with van der Waals surface area (Å²) >= 11 is 0. The molecule has 0 aromatic heterocycles. The average molecular weight is 288 g/mol. The molecule has 1 fully saturated rings. The third kappa shape index (κ3) is 2.96. The van der Waals surface area contributed by atoms with Crippen molar-refractivity contribution < 1.29 is 0 Å². The summed E-state index contributed by atoms with van der Waals surface area (Å²) in [6.07, 6.45) is 3.71. The van der Waals surface area contributed by atoms with Crippen molar-refractivity contribution in [3.63, 3.8) is 0 Å². The topological polar surface area (TPSA) is 29.3 Å². The minimum atomic E-state index is 0.108. The normalized spacial score (nSPS) is 28.4. The van der Waals surface area contributed by atoms with E-state index in [0.717, 1.165) is 13.1 Å². The fourth-order valence-corrected chi connectivity index (χ4v) is 4.33. The Hall–Kier alpha value is -1.02. The van der Waals surface area contributed by atoms with Crippen molar-refractivity contribution in [2.45, 2.75) is 59.4 Å². The van der Waals surface area contributed by atoms with E-state index in [4.69, 9.17) is 5.73 Å². The van der Waals surface area contributed by atoms with Crippen LogP contribution in [0.5, 0.6) is 0 Å². The zero-order valence-electron chi connectivity index (χ0n) is 14.4. The fraction of sp³-hybridized carbons (Fsp3) is 0.684. The molecule has 0 aliphatic heterocycles. The highest BCUT2D eigenvalue weighted by Gasteiger charge is 2.46. The van der Waals surface area contributed by atoms with E-state index in [9.17, 15) is 0 Å². The highest BCUT2D eigenvalue weighted by Crippen LogP contribution is 2.47. The van der Waals surface area contributed by atoms with Crippen molar-refractivity contribution in [2.75, 3.05) is 18.0 Å². The van der Waals surface area contributed by atoms with E-state index in [1.807, 2.05) is 0 Å². The Labute approximate surface area is 130 Å². The predicted octanol–water partition coefficient (Wildman–Crippen LogP) is 4.37. The molecule has 0 spiro atoms. The second kappa shape index (κ2) is 6.00. The standard InChI is InChI=1S/C19H32N2/c1-6-21(17-10-8-7-9-15(17)2)19(14-20)12-11-18(4,5)13-16(19)3/h7-10,16H,6,11-14,20H2,1-5H3. The van der Waals surface area contributed by atoms with Crippen LogP contribution in [0.15, 0.2) is 24.3 Å². The molecule has 1 aromatic carbocycles. The molecule has 2 unspecified atom stereocenters. The third-order valence-electron chi connectivity index (χ3n) is 5.62. The SMILES string of the molecule is CCN(c1ccccc1C)C1(CN)CCC(C)(C)CC1C. The number of benzene rings is 1. The molecule has 118 valence electrons. The molecule has 0 radical (unpaired) electrons. The number of nitrogens with two attached hydrogens (primary N) is 1. The first kappa shape index (κ1) is 16.4. The third-order valence-corrected chi connectivity index (χ3v) is 5.62. The van der Waals surface area contributed by atoms with E-state index in [-0.39, 0.29) is 5.54 Å². The van der Waals surface area contributed by atoms with Gasteiger partial charge in [0.05, 0.1) is 5.54 Å². The quantitative estimate of drug-likeness (QED) is 0.891. The van der Waals surface area contributed by atoms with Gasteiger partial charge in [-0.25, -0.2) is 0 Å². The van der Waals surface area contributed by atoms with Gasteiger partial charge in [0.1, 0.15) is 0 Å². The van der Waals surface area contributed by atoms with Gasteiger partial charge < -0.3 is 10.6 Å². The highest BCUT2D eigenvalue weighted by molar-refractivity contribution is 5.55. The molecule has 2 atom stereocenters. The summed E-state index contributed by atoms with van der Waals surface area (Å²) in [4.78, 5) is 2.59. The number of aryl methyl sites for hydroxylation is 1. The summed E-state index contributed by atoms with van der Waals surface area (Å²) in [7, 11) is 0. The Morgan fingerprint density at radius 1 is 1.24 bits per heavy atom. The van der Waals surface area contributed by atoms with E-state index >= 15 is 0 Å². The molecule has 0 bridgehead atoms. The number of nitrogens with zero attached hydrogens (tertiary/aromatic N) is 1. The molecule has 0 amide bonds. The van der Waals surface area contributed by atoms with Crippen LogP contribution in [-0.4, -0.2) is 18.6 Å². The first-order valence-corrected chi connectivity index (χ1v) is 8.39. The second-order valence-corrected chi connectivity index (χ2v) is 7.61. The van der Waals surface area contributed by atoms with E-state index < -0.39 is 0 Å². The number of anilines is 1. The minimum absolute atomic E-state index is 0.108. The number of hydrogen-bond donors (Lipinski definition) is 1. The van der Waals surface area contributed by atoms with Crippen LogP contribution < -0.4 is 10.6 Å². The summed E-state index contributed by atoms with van der Waals surface area (Å²) in [5.74, 6) is 0.616. The van der Waals surface area contributed by atoms with Gasteiger partial charge >= 0.3 is 0 Å². The lowest BCUT2D eigenvalue weighted by Gasteiger charge is -2.54. The summed E-state index contributed by atoms with van der Waals surface area (Å²) < 4.78 is 0. The largest absolute Gasteiger partial charge is 0.364 e. The molecule has 2 rings (SSSR count).